The van der Waals surface area contributed by atoms with E-state index in [2.05, 4.69) is 0 Å². The molecule has 0 aliphatic heterocycles. The molecule has 0 aromatic heterocycles. The Morgan fingerprint density at radius 1 is 0.750 bits per heavy atom. The maximum absolute atomic E-state index is 15.1. The smallest absolute Gasteiger partial charge is 0.235 e. The molecular formula is C14H10F6. The summed E-state index contributed by atoms with van der Waals surface area (Å²) in [5.74, 6) is -7.15. The minimum Gasteiger partial charge on any atom is -0.235 e. The first-order valence-corrected chi connectivity index (χ1v) is 6.29. The van der Waals surface area contributed by atoms with E-state index < -0.39 is 46.2 Å². The molecule has 0 N–H and O–H groups in total. The number of halogens is 6. The topological polar surface area (TPSA) is 0 Å². The molecule has 0 saturated heterocycles. The van der Waals surface area contributed by atoms with Crippen LogP contribution in [0.3, 0.4) is 0 Å². The zero-order valence-corrected chi connectivity index (χ0v) is 10.6. The summed E-state index contributed by atoms with van der Waals surface area (Å²) in [4.78, 5) is 0. The molecule has 1 saturated carbocycles. The van der Waals surface area contributed by atoms with Crippen LogP contribution in [0.2, 0.25) is 0 Å². The third kappa shape index (κ3) is 0.659. The first kappa shape index (κ1) is 12.5. The van der Waals surface area contributed by atoms with E-state index in [1.54, 1.807) is 0 Å². The van der Waals surface area contributed by atoms with Gasteiger partial charge in [0.05, 0.1) is 0 Å². The molecule has 0 aromatic carbocycles. The van der Waals surface area contributed by atoms with Crippen molar-refractivity contribution >= 4 is 0 Å². The number of alkyl halides is 4. The highest BCUT2D eigenvalue weighted by molar-refractivity contribution is 5.68. The van der Waals surface area contributed by atoms with E-state index in [0.717, 1.165) is 0 Å². The predicted octanol–water partition coefficient (Wildman–Crippen LogP) is 4.15. The Hall–Kier alpha value is -1.20. The molecule has 6 atom stereocenters. The molecule has 0 aromatic rings. The van der Waals surface area contributed by atoms with Gasteiger partial charge in [0.25, 0.3) is 0 Å². The van der Waals surface area contributed by atoms with Gasteiger partial charge in [0.1, 0.15) is 0 Å². The summed E-state index contributed by atoms with van der Waals surface area (Å²) in [6.45, 7) is 2.94. The second kappa shape index (κ2) is 2.74. The fourth-order valence-electron chi connectivity index (χ4n) is 4.55. The van der Waals surface area contributed by atoms with E-state index in [0.29, 0.717) is 11.1 Å². The summed E-state index contributed by atoms with van der Waals surface area (Å²) in [7, 11) is 0. The average molecular weight is 292 g/mol. The third-order valence-electron chi connectivity index (χ3n) is 5.71. The van der Waals surface area contributed by atoms with E-state index >= 15 is 8.78 Å². The van der Waals surface area contributed by atoms with Crippen LogP contribution in [0.5, 0.6) is 0 Å². The monoisotopic (exact) mass is 292 g/mol. The molecule has 0 radical (unpaired) electrons. The van der Waals surface area contributed by atoms with E-state index in [1.807, 2.05) is 0 Å². The van der Waals surface area contributed by atoms with E-state index in [-0.39, 0.29) is 0 Å². The van der Waals surface area contributed by atoms with Gasteiger partial charge in [-0.3, -0.25) is 0 Å². The first-order chi connectivity index (χ1) is 9.11. The van der Waals surface area contributed by atoms with Crippen LogP contribution in [-0.2, 0) is 0 Å². The number of allylic oxidation sites excluding steroid dienone is 6. The molecule has 1 fully saturated rings. The van der Waals surface area contributed by atoms with E-state index in [9.17, 15) is 17.6 Å². The quantitative estimate of drug-likeness (QED) is 0.465. The second-order valence-electron chi connectivity index (χ2n) is 6.07. The van der Waals surface area contributed by atoms with Gasteiger partial charge in [-0.05, 0) is 13.8 Å². The van der Waals surface area contributed by atoms with Gasteiger partial charge in [0.15, 0.2) is 11.7 Å². The number of fused-ring (bicyclic) bond motifs is 1. The minimum absolute atomic E-state index is 0.340. The zero-order valence-electron chi connectivity index (χ0n) is 10.6. The highest BCUT2D eigenvalue weighted by Crippen LogP contribution is 2.84. The third-order valence-corrected chi connectivity index (χ3v) is 5.71. The molecule has 2 bridgehead atoms. The normalized spacial score (nSPS) is 59.2. The van der Waals surface area contributed by atoms with Crippen molar-refractivity contribution in [2.24, 2.45) is 11.8 Å². The standard InChI is InChI=1S/C14H10F6/c1-5-6(2)8-4-3-7(5)11(17)12(8,18)14(20)10(16)9(15)13(11,14)19/h3-4,7-8H,1-2H3. The lowest BCUT2D eigenvalue weighted by Gasteiger charge is -2.75. The molecular weight excluding hydrogens is 282 g/mol. The lowest BCUT2D eigenvalue weighted by atomic mass is 9.32. The molecule has 6 unspecified atom stereocenters. The zero-order chi connectivity index (χ0) is 14.9. The van der Waals surface area contributed by atoms with Gasteiger partial charge in [-0.2, -0.15) is 0 Å². The fourth-order valence-corrected chi connectivity index (χ4v) is 4.55. The number of hydrogen-bond donors (Lipinski definition) is 0. The molecule has 6 heteroatoms. The summed E-state index contributed by atoms with van der Waals surface area (Å²) in [5, 5.41) is 0. The van der Waals surface area contributed by atoms with Crippen LogP contribution in [0.4, 0.5) is 26.3 Å². The van der Waals surface area contributed by atoms with Crippen LogP contribution in [-0.4, -0.2) is 22.7 Å². The Kier molecular flexibility index (Phi) is 1.72. The molecule has 5 aliphatic rings. The van der Waals surface area contributed by atoms with Crippen molar-refractivity contribution in [1.29, 1.82) is 0 Å². The van der Waals surface area contributed by atoms with Gasteiger partial charge in [0.2, 0.25) is 22.7 Å². The van der Waals surface area contributed by atoms with Crippen molar-refractivity contribution in [2.75, 3.05) is 0 Å². The summed E-state index contributed by atoms with van der Waals surface area (Å²) in [5.41, 5.74) is -13.9. The fraction of sp³-hybridized carbons (Fsp3) is 0.571. The molecule has 5 aliphatic carbocycles. The van der Waals surface area contributed by atoms with Crippen LogP contribution in [0.1, 0.15) is 13.8 Å². The molecule has 0 amide bonds. The largest absolute Gasteiger partial charge is 0.246 e. The molecule has 5 rings (SSSR count). The van der Waals surface area contributed by atoms with Crippen molar-refractivity contribution in [3.8, 4) is 0 Å². The van der Waals surface area contributed by atoms with Gasteiger partial charge >= 0.3 is 0 Å². The van der Waals surface area contributed by atoms with E-state index in [1.165, 1.54) is 26.0 Å². The lowest BCUT2D eigenvalue weighted by molar-refractivity contribution is -0.374. The van der Waals surface area contributed by atoms with Gasteiger partial charge in [-0.25, -0.2) is 26.3 Å². The molecule has 0 heterocycles. The van der Waals surface area contributed by atoms with Gasteiger partial charge < -0.3 is 0 Å². The highest BCUT2D eigenvalue weighted by atomic mass is 19.2. The predicted molar refractivity (Wildman–Crippen MR) is 59.1 cm³/mol. The van der Waals surface area contributed by atoms with Gasteiger partial charge in [0, 0.05) is 11.8 Å². The van der Waals surface area contributed by atoms with Crippen LogP contribution < -0.4 is 0 Å². The van der Waals surface area contributed by atoms with Crippen molar-refractivity contribution in [2.45, 2.75) is 36.5 Å². The number of hydrogen-bond acceptors (Lipinski definition) is 0. The molecule has 0 nitrogen and oxygen atoms in total. The van der Waals surface area contributed by atoms with Crippen LogP contribution >= 0.6 is 0 Å². The molecule has 20 heavy (non-hydrogen) atoms. The average Bonchev–Trinajstić information content (AvgIpc) is 2.43. The van der Waals surface area contributed by atoms with Crippen LogP contribution in [0.15, 0.2) is 35.0 Å². The summed E-state index contributed by atoms with van der Waals surface area (Å²) < 4.78 is 86.0. The second-order valence-corrected chi connectivity index (χ2v) is 6.07. The van der Waals surface area contributed by atoms with Crippen molar-refractivity contribution in [1.82, 2.24) is 0 Å². The van der Waals surface area contributed by atoms with E-state index in [4.69, 9.17) is 0 Å². The maximum atomic E-state index is 15.1. The Morgan fingerprint density at radius 2 is 1.05 bits per heavy atom. The lowest BCUT2D eigenvalue weighted by Crippen LogP contribution is -2.97. The molecule has 108 valence electrons. The van der Waals surface area contributed by atoms with Crippen molar-refractivity contribution in [3.05, 3.63) is 35.0 Å². The Morgan fingerprint density at radius 3 is 1.35 bits per heavy atom. The Balaban J connectivity index is 2.06. The maximum Gasteiger partial charge on any atom is 0.246 e. The Bertz CT molecular complexity index is 599. The minimum atomic E-state index is -3.87. The Labute approximate surface area is 110 Å². The molecule has 0 spiro atoms. The van der Waals surface area contributed by atoms with Gasteiger partial charge in [-0.1, -0.05) is 23.3 Å². The van der Waals surface area contributed by atoms with Crippen molar-refractivity contribution in [3.63, 3.8) is 0 Å². The summed E-state index contributed by atoms with van der Waals surface area (Å²) >= 11 is 0. The highest BCUT2D eigenvalue weighted by Gasteiger charge is 3.05. The van der Waals surface area contributed by atoms with Gasteiger partial charge in [-0.15, -0.1) is 0 Å². The summed E-state index contributed by atoms with van der Waals surface area (Å²) in [6.07, 6.45) is 2.44. The number of rotatable bonds is 0. The van der Waals surface area contributed by atoms with Crippen molar-refractivity contribution < 1.29 is 26.3 Å². The summed E-state index contributed by atoms with van der Waals surface area (Å²) in [6, 6.07) is 0. The van der Waals surface area contributed by atoms with Crippen LogP contribution in [0, 0.1) is 11.8 Å². The SMILES string of the molecule is CC1=C(C)C2C=CC1C1(F)C3(F)C(F)=C(F)C3(F)C21F. The first-order valence-electron chi connectivity index (χ1n) is 6.29. The van der Waals surface area contributed by atoms with Crippen LogP contribution in [0.25, 0.3) is 0 Å².